The van der Waals surface area contributed by atoms with Gasteiger partial charge >= 0.3 is 0 Å². The van der Waals surface area contributed by atoms with Crippen LogP contribution in [-0.2, 0) is 4.74 Å². The average Bonchev–Trinajstić information content (AvgIpc) is 2.82. The molecule has 1 unspecified atom stereocenters. The van der Waals surface area contributed by atoms with Crippen LogP contribution in [0.25, 0.3) is 10.9 Å². The molecule has 1 saturated heterocycles. The first kappa shape index (κ1) is 21.6. The Morgan fingerprint density at radius 3 is 2.66 bits per heavy atom. The van der Waals surface area contributed by atoms with Crippen LogP contribution in [0.5, 0.6) is 0 Å². The molecule has 0 saturated carbocycles. The molecule has 1 aliphatic rings. The fourth-order valence-electron chi connectivity index (χ4n) is 3.65. The normalized spacial score (nSPS) is 16.2. The van der Waals surface area contributed by atoms with E-state index in [9.17, 15) is 9.59 Å². The van der Waals surface area contributed by atoms with E-state index in [2.05, 4.69) is 20.6 Å². The summed E-state index contributed by atoms with van der Waals surface area (Å²) in [7, 11) is 1.72. The number of morpholine rings is 1. The second kappa shape index (κ2) is 9.27. The third kappa shape index (κ3) is 4.52. The van der Waals surface area contributed by atoms with Gasteiger partial charge in [0.15, 0.2) is 0 Å². The van der Waals surface area contributed by atoms with Crippen molar-refractivity contribution in [3.8, 4) is 0 Å². The largest absolute Gasteiger partial charge is 0.368 e. The molecule has 166 valence electrons. The van der Waals surface area contributed by atoms with Gasteiger partial charge in [-0.1, -0.05) is 18.2 Å². The monoisotopic (exact) mass is 434 g/mol. The standard InChI is InChI=1S/C23H26N6O3/c1-14(2)27-21(30)17-10-19(28-18-7-5-4-6-16(17)18)20-13-29(8-9-32-20)22(31)15-11-25-23(24-3)26-12-15/h4-7,10-12,14,20H,8-9,13H2,1-3H3,(H,27,30)(H,24,25,26). The number of amides is 2. The number of fused-ring (bicyclic) bond motifs is 1. The van der Waals surface area contributed by atoms with Crippen LogP contribution in [0.1, 0.15) is 46.4 Å². The Kier molecular flexibility index (Phi) is 6.27. The summed E-state index contributed by atoms with van der Waals surface area (Å²) in [6, 6.07) is 9.30. The van der Waals surface area contributed by atoms with Gasteiger partial charge in [0, 0.05) is 37.4 Å². The maximum Gasteiger partial charge on any atom is 0.257 e. The van der Waals surface area contributed by atoms with Crippen LogP contribution in [0.3, 0.4) is 0 Å². The number of carbonyl (C=O) groups excluding carboxylic acids is 2. The summed E-state index contributed by atoms with van der Waals surface area (Å²) in [4.78, 5) is 40.5. The Bertz CT molecular complexity index is 1130. The van der Waals surface area contributed by atoms with Crippen molar-refractivity contribution in [3.05, 3.63) is 59.5 Å². The van der Waals surface area contributed by atoms with Crippen molar-refractivity contribution in [2.24, 2.45) is 0 Å². The van der Waals surface area contributed by atoms with Crippen molar-refractivity contribution in [2.75, 3.05) is 32.1 Å². The van der Waals surface area contributed by atoms with Crippen LogP contribution in [0.2, 0.25) is 0 Å². The van der Waals surface area contributed by atoms with Crippen molar-refractivity contribution in [1.29, 1.82) is 0 Å². The van der Waals surface area contributed by atoms with Crippen molar-refractivity contribution in [1.82, 2.24) is 25.2 Å². The molecular weight excluding hydrogens is 408 g/mol. The molecule has 1 aromatic carbocycles. The molecule has 3 heterocycles. The summed E-state index contributed by atoms with van der Waals surface area (Å²) in [6.45, 7) is 4.99. The smallest absolute Gasteiger partial charge is 0.257 e. The predicted molar refractivity (Wildman–Crippen MR) is 121 cm³/mol. The van der Waals surface area contributed by atoms with Gasteiger partial charge in [0.25, 0.3) is 11.8 Å². The topological polar surface area (TPSA) is 109 Å². The van der Waals surface area contributed by atoms with Crippen LogP contribution in [0.15, 0.2) is 42.7 Å². The zero-order valence-corrected chi connectivity index (χ0v) is 18.3. The van der Waals surface area contributed by atoms with Crippen LogP contribution in [0, 0.1) is 0 Å². The minimum atomic E-state index is -0.444. The number of ether oxygens (including phenoxy) is 1. The third-order valence-electron chi connectivity index (χ3n) is 5.21. The molecule has 1 fully saturated rings. The van der Waals surface area contributed by atoms with E-state index in [1.54, 1.807) is 18.0 Å². The second-order valence-electron chi connectivity index (χ2n) is 7.90. The van der Waals surface area contributed by atoms with Crippen molar-refractivity contribution in [2.45, 2.75) is 26.0 Å². The summed E-state index contributed by atoms with van der Waals surface area (Å²) >= 11 is 0. The SMILES string of the molecule is CNc1ncc(C(=O)N2CCOC(c3cc(C(=O)NC(C)C)c4ccccc4n3)C2)cn1. The molecule has 1 aliphatic heterocycles. The lowest BCUT2D eigenvalue weighted by atomic mass is 10.0. The first-order valence-electron chi connectivity index (χ1n) is 10.6. The van der Waals surface area contributed by atoms with Crippen LogP contribution >= 0.6 is 0 Å². The number of rotatable bonds is 5. The first-order chi connectivity index (χ1) is 15.5. The molecule has 2 amide bonds. The number of aromatic nitrogens is 3. The maximum absolute atomic E-state index is 13.0. The minimum absolute atomic E-state index is 0.00781. The predicted octanol–water partition coefficient (Wildman–Crippen LogP) is 2.42. The Labute approximate surface area is 186 Å². The summed E-state index contributed by atoms with van der Waals surface area (Å²) in [5.74, 6) is 0.124. The molecule has 2 aromatic heterocycles. The zero-order chi connectivity index (χ0) is 22.7. The van der Waals surface area contributed by atoms with E-state index < -0.39 is 6.10 Å². The van der Waals surface area contributed by atoms with E-state index in [1.807, 2.05) is 38.1 Å². The lowest BCUT2D eigenvalue weighted by Gasteiger charge is -2.33. The molecule has 0 bridgehead atoms. The molecule has 0 aliphatic carbocycles. The van der Waals surface area contributed by atoms with Crippen LogP contribution in [0.4, 0.5) is 5.95 Å². The van der Waals surface area contributed by atoms with Gasteiger partial charge in [-0.05, 0) is 26.0 Å². The van der Waals surface area contributed by atoms with Gasteiger partial charge in [-0.2, -0.15) is 0 Å². The zero-order valence-electron chi connectivity index (χ0n) is 18.3. The lowest BCUT2D eigenvalue weighted by Crippen LogP contribution is -2.42. The number of benzene rings is 1. The fourth-order valence-corrected chi connectivity index (χ4v) is 3.65. The molecule has 4 rings (SSSR count). The van der Waals surface area contributed by atoms with E-state index >= 15 is 0 Å². The van der Waals surface area contributed by atoms with Crippen molar-refractivity contribution < 1.29 is 14.3 Å². The van der Waals surface area contributed by atoms with E-state index in [-0.39, 0.29) is 17.9 Å². The number of para-hydroxylation sites is 1. The molecule has 0 spiro atoms. The van der Waals surface area contributed by atoms with E-state index in [0.717, 1.165) is 5.39 Å². The molecule has 1 atom stereocenters. The maximum atomic E-state index is 13.0. The van der Waals surface area contributed by atoms with Crippen molar-refractivity contribution in [3.63, 3.8) is 0 Å². The molecular formula is C23H26N6O3. The quantitative estimate of drug-likeness (QED) is 0.635. The van der Waals surface area contributed by atoms with E-state index in [1.165, 1.54) is 12.4 Å². The second-order valence-corrected chi connectivity index (χ2v) is 7.90. The average molecular weight is 435 g/mol. The molecule has 9 heteroatoms. The van der Waals surface area contributed by atoms with Gasteiger partial charge in [0.2, 0.25) is 5.95 Å². The van der Waals surface area contributed by atoms with Gasteiger partial charge < -0.3 is 20.3 Å². The highest BCUT2D eigenvalue weighted by molar-refractivity contribution is 6.06. The van der Waals surface area contributed by atoms with Gasteiger partial charge in [-0.15, -0.1) is 0 Å². The van der Waals surface area contributed by atoms with Crippen LogP contribution < -0.4 is 10.6 Å². The van der Waals surface area contributed by atoms with E-state index in [0.29, 0.717) is 48.0 Å². The highest BCUT2D eigenvalue weighted by atomic mass is 16.5. The summed E-state index contributed by atoms with van der Waals surface area (Å²) < 4.78 is 5.95. The van der Waals surface area contributed by atoms with Gasteiger partial charge in [-0.25, -0.2) is 15.0 Å². The Hall–Kier alpha value is -3.59. The fraction of sp³-hybridized carbons (Fsp3) is 0.348. The number of anilines is 1. The Morgan fingerprint density at radius 2 is 1.94 bits per heavy atom. The Morgan fingerprint density at radius 1 is 1.19 bits per heavy atom. The number of pyridine rings is 1. The highest BCUT2D eigenvalue weighted by Crippen LogP contribution is 2.27. The third-order valence-corrected chi connectivity index (χ3v) is 5.21. The van der Waals surface area contributed by atoms with E-state index in [4.69, 9.17) is 9.72 Å². The molecule has 9 nitrogen and oxygen atoms in total. The molecule has 2 N–H and O–H groups in total. The van der Waals surface area contributed by atoms with Gasteiger partial charge in [-0.3, -0.25) is 9.59 Å². The molecule has 3 aromatic rings. The lowest BCUT2D eigenvalue weighted by molar-refractivity contribution is -0.0246. The number of nitrogens with zero attached hydrogens (tertiary/aromatic N) is 4. The first-order valence-corrected chi connectivity index (χ1v) is 10.6. The molecule has 0 radical (unpaired) electrons. The summed E-state index contributed by atoms with van der Waals surface area (Å²) in [5.41, 5.74) is 2.29. The molecule has 32 heavy (non-hydrogen) atoms. The number of hydrogen-bond donors (Lipinski definition) is 2. The summed E-state index contributed by atoms with van der Waals surface area (Å²) in [5, 5.41) is 6.56. The number of nitrogens with one attached hydrogen (secondary N) is 2. The highest BCUT2D eigenvalue weighted by Gasteiger charge is 2.28. The summed E-state index contributed by atoms with van der Waals surface area (Å²) in [6.07, 6.45) is 2.57. The number of hydrogen-bond acceptors (Lipinski definition) is 7. The van der Waals surface area contributed by atoms with Gasteiger partial charge in [0.1, 0.15) is 6.10 Å². The van der Waals surface area contributed by atoms with Crippen LogP contribution in [-0.4, -0.2) is 64.5 Å². The van der Waals surface area contributed by atoms with Crippen molar-refractivity contribution >= 4 is 28.7 Å². The van der Waals surface area contributed by atoms with Gasteiger partial charge in [0.05, 0.1) is 35.5 Å². The minimum Gasteiger partial charge on any atom is -0.368 e. The number of carbonyl (C=O) groups is 2. The Balaban J connectivity index is 1.61.